The van der Waals surface area contributed by atoms with Crippen LogP contribution >= 0.6 is 0 Å². The molecule has 0 saturated carbocycles. The van der Waals surface area contributed by atoms with Gasteiger partial charge in [0.2, 0.25) is 0 Å². The lowest BCUT2D eigenvalue weighted by molar-refractivity contribution is 0.477. The molecule has 0 radical (unpaired) electrons. The maximum Gasteiger partial charge on any atom is 0.283 e. The zero-order chi connectivity index (χ0) is 16.2. The van der Waals surface area contributed by atoms with Crippen LogP contribution in [0.5, 0.6) is 5.75 Å². The fraction of sp³-hybridized carbons (Fsp3) is 0.0588. The van der Waals surface area contributed by atoms with Gasteiger partial charge in [-0.3, -0.25) is 0 Å². The van der Waals surface area contributed by atoms with E-state index in [-0.39, 0.29) is 22.1 Å². The van der Waals surface area contributed by atoms with Gasteiger partial charge in [0.25, 0.3) is 10.0 Å². The molecule has 1 aliphatic rings. The lowest BCUT2D eigenvalue weighted by Gasteiger charge is -2.10. The van der Waals surface area contributed by atoms with Crippen LogP contribution in [0.1, 0.15) is 17.0 Å². The molecule has 6 heteroatoms. The Kier molecular flexibility index (Phi) is 2.80. The average molecular weight is 324 g/mol. The van der Waals surface area contributed by atoms with Crippen LogP contribution < -0.4 is 0 Å². The molecule has 1 aromatic heterocycles. The molecule has 0 bridgehead atoms. The van der Waals surface area contributed by atoms with Crippen molar-refractivity contribution in [2.75, 3.05) is 0 Å². The summed E-state index contributed by atoms with van der Waals surface area (Å²) >= 11 is 0. The Bertz CT molecular complexity index is 1100. The van der Waals surface area contributed by atoms with Gasteiger partial charge in [-0.2, -0.15) is 12.8 Å². The number of sulfonamides is 1. The Labute approximate surface area is 133 Å². The molecule has 3 aromatic rings. The third-order valence-electron chi connectivity index (χ3n) is 3.93. The first-order valence-corrected chi connectivity index (χ1v) is 8.46. The summed E-state index contributed by atoms with van der Waals surface area (Å²) in [6, 6.07) is 13.9. The summed E-state index contributed by atoms with van der Waals surface area (Å²) in [4.78, 5) is 4.54. The van der Waals surface area contributed by atoms with Crippen molar-refractivity contribution in [3.8, 4) is 5.75 Å². The number of rotatable bonds is 1. The predicted molar refractivity (Wildman–Crippen MR) is 87.4 cm³/mol. The second-order valence-corrected chi connectivity index (χ2v) is 6.92. The molecule has 23 heavy (non-hydrogen) atoms. The number of aryl methyl sites for hydroxylation is 1. The lowest BCUT2D eigenvalue weighted by Crippen LogP contribution is -2.05. The van der Waals surface area contributed by atoms with Gasteiger partial charge in [0.15, 0.2) is 5.75 Å². The van der Waals surface area contributed by atoms with Crippen LogP contribution in [0.25, 0.3) is 10.8 Å². The Morgan fingerprint density at radius 1 is 0.957 bits per heavy atom. The summed E-state index contributed by atoms with van der Waals surface area (Å²) in [6.07, 6.45) is 0. The van der Waals surface area contributed by atoms with Crippen molar-refractivity contribution in [1.29, 1.82) is 0 Å². The molecule has 0 saturated heterocycles. The Balaban J connectivity index is 2.07. The third kappa shape index (κ3) is 1.95. The van der Waals surface area contributed by atoms with Crippen molar-refractivity contribution in [2.45, 2.75) is 11.8 Å². The summed E-state index contributed by atoms with van der Waals surface area (Å²) in [5, 5.41) is 12.0. The maximum absolute atomic E-state index is 12.2. The van der Waals surface area contributed by atoms with E-state index in [0.29, 0.717) is 16.6 Å². The molecule has 0 unspecified atom stereocenters. The van der Waals surface area contributed by atoms with Crippen molar-refractivity contribution in [2.24, 2.45) is 4.40 Å². The number of fused-ring (bicyclic) bond motifs is 2. The highest BCUT2D eigenvalue weighted by Crippen LogP contribution is 2.35. The van der Waals surface area contributed by atoms with E-state index < -0.39 is 10.0 Å². The SMILES string of the molecule is Cc1nc(C2=NS(=O)(=O)c3ccccc32)c(O)c2ccccc12. The molecule has 4 rings (SSSR count). The molecule has 2 aromatic carbocycles. The zero-order valence-electron chi connectivity index (χ0n) is 12.2. The van der Waals surface area contributed by atoms with Crippen molar-refractivity contribution >= 4 is 26.5 Å². The summed E-state index contributed by atoms with van der Waals surface area (Å²) in [6.45, 7) is 1.82. The molecule has 0 fully saturated rings. The van der Waals surface area contributed by atoms with Crippen LogP contribution in [0, 0.1) is 6.92 Å². The monoisotopic (exact) mass is 324 g/mol. The van der Waals surface area contributed by atoms with E-state index in [0.717, 1.165) is 5.39 Å². The average Bonchev–Trinajstić information content (AvgIpc) is 2.83. The topological polar surface area (TPSA) is 79.6 Å². The number of benzene rings is 2. The van der Waals surface area contributed by atoms with Crippen molar-refractivity contribution in [1.82, 2.24) is 4.98 Å². The third-order valence-corrected chi connectivity index (χ3v) is 5.27. The molecular formula is C17H12N2O3S. The van der Waals surface area contributed by atoms with Gasteiger partial charge in [-0.25, -0.2) is 4.98 Å². The van der Waals surface area contributed by atoms with Gasteiger partial charge in [0, 0.05) is 22.0 Å². The van der Waals surface area contributed by atoms with E-state index in [4.69, 9.17) is 0 Å². The molecule has 0 aliphatic carbocycles. The van der Waals surface area contributed by atoms with Gasteiger partial charge in [0.1, 0.15) is 11.4 Å². The van der Waals surface area contributed by atoms with Crippen LogP contribution in [0.15, 0.2) is 57.8 Å². The molecule has 1 N–H and O–H groups in total. The zero-order valence-corrected chi connectivity index (χ0v) is 13.0. The van der Waals surface area contributed by atoms with E-state index in [1.807, 2.05) is 25.1 Å². The summed E-state index contributed by atoms with van der Waals surface area (Å²) in [5.74, 6) is -0.0585. The van der Waals surface area contributed by atoms with Crippen molar-refractivity contribution in [3.05, 3.63) is 65.5 Å². The van der Waals surface area contributed by atoms with Crippen LogP contribution in [0.4, 0.5) is 0 Å². The van der Waals surface area contributed by atoms with Crippen molar-refractivity contribution in [3.63, 3.8) is 0 Å². The molecule has 5 nitrogen and oxygen atoms in total. The number of pyridine rings is 1. The summed E-state index contributed by atoms with van der Waals surface area (Å²) in [5.41, 5.74) is 1.55. The molecular weight excluding hydrogens is 312 g/mol. The van der Waals surface area contributed by atoms with Crippen LogP contribution in [0.2, 0.25) is 0 Å². The van der Waals surface area contributed by atoms with Crippen LogP contribution in [0.3, 0.4) is 0 Å². The van der Waals surface area contributed by atoms with E-state index in [1.165, 1.54) is 6.07 Å². The number of aromatic hydroxyl groups is 1. The molecule has 0 atom stereocenters. The number of hydrogen-bond donors (Lipinski definition) is 1. The maximum atomic E-state index is 12.2. The molecule has 1 aliphatic heterocycles. The van der Waals surface area contributed by atoms with Crippen molar-refractivity contribution < 1.29 is 13.5 Å². The highest BCUT2D eigenvalue weighted by molar-refractivity contribution is 7.90. The standard InChI is InChI=1S/C17H12N2O3S/c1-10-11-6-2-3-7-12(11)17(20)16(18-10)15-13-8-4-5-9-14(13)23(21,22)19-15/h2-9,20H,1H3. The minimum Gasteiger partial charge on any atom is -0.505 e. The first kappa shape index (κ1) is 13.9. The fourth-order valence-corrected chi connectivity index (χ4v) is 4.07. The molecule has 0 amide bonds. The van der Waals surface area contributed by atoms with Gasteiger partial charge in [0.05, 0.1) is 4.90 Å². The van der Waals surface area contributed by atoms with Gasteiger partial charge < -0.3 is 5.11 Å². The molecule has 2 heterocycles. The summed E-state index contributed by atoms with van der Waals surface area (Å²) < 4.78 is 28.2. The Morgan fingerprint density at radius 2 is 1.61 bits per heavy atom. The van der Waals surface area contributed by atoms with Crippen LogP contribution in [-0.4, -0.2) is 24.2 Å². The first-order valence-electron chi connectivity index (χ1n) is 7.02. The predicted octanol–water partition coefficient (Wildman–Crippen LogP) is 2.79. The smallest absolute Gasteiger partial charge is 0.283 e. The minimum atomic E-state index is -3.75. The molecule has 0 spiro atoms. The van der Waals surface area contributed by atoms with E-state index >= 15 is 0 Å². The summed E-state index contributed by atoms with van der Waals surface area (Å²) in [7, 11) is -3.75. The first-order chi connectivity index (χ1) is 11.0. The number of hydrogen-bond acceptors (Lipinski definition) is 4. The van der Waals surface area contributed by atoms with Gasteiger partial charge in [-0.05, 0) is 13.0 Å². The Hall–Kier alpha value is -2.73. The normalized spacial score (nSPS) is 15.4. The van der Waals surface area contributed by atoms with E-state index in [9.17, 15) is 13.5 Å². The van der Waals surface area contributed by atoms with E-state index in [1.54, 1.807) is 24.3 Å². The van der Waals surface area contributed by atoms with Crippen LogP contribution in [-0.2, 0) is 10.0 Å². The quantitative estimate of drug-likeness (QED) is 0.746. The van der Waals surface area contributed by atoms with Gasteiger partial charge >= 0.3 is 0 Å². The highest BCUT2D eigenvalue weighted by atomic mass is 32.2. The minimum absolute atomic E-state index is 0.0585. The Morgan fingerprint density at radius 3 is 2.39 bits per heavy atom. The number of nitrogens with zero attached hydrogens (tertiary/aromatic N) is 2. The van der Waals surface area contributed by atoms with Gasteiger partial charge in [-0.15, -0.1) is 0 Å². The van der Waals surface area contributed by atoms with E-state index in [2.05, 4.69) is 9.38 Å². The second kappa shape index (κ2) is 4.63. The second-order valence-electron chi connectivity index (χ2n) is 5.35. The lowest BCUT2D eigenvalue weighted by atomic mass is 10.0. The fourth-order valence-electron chi connectivity index (χ4n) is 2.86. The largest absolute Gasteiger partial charge is 0.505 e. The van der Waals surface area contributed by atoms with Gasteiger partial charge in [-0.1, -0.05) is 42.5 Å². The molecule has 114 valence electrons. The highest BCUT2D eigenvalue weighted by Gasteiger charge is 2.31. The number of aromatic nitrogens is 1.